The molecule has 1 fully saturated rings. The molecule has 0 radical (unpaired) electrons. The maximum absolute atomic E-state index is 13.0. The predicted molar refractivity (Wildman–Crippen MR) is 109 cm³/mol. The van der Waals surface area contributed by atoms with Crippen molar-refractivity contribution in [2.75, 3.05) is 38.2 Å². The summed E-state index contributed by atoms with van der Waals surface area (Å²) in [5.41, 5.74) is 4.51. The highest BCUT2D eigenvalue weighted by Gasteiger charge is 2.26. The van der Waals surface area contributed by atoms with Gasteiger partial charge in [-0.25, -0.2) is 4.98 Å². The Morgan fingerprint density at radius 3 is 2.37 bits per heavy atom. The Hall–Kier alpha value is -2.86. The summed E-state index contributed by atoms with van der Waals surface area (Å²) in [6.45, 7) is 3.00. The van der Waals surface area contributed by atoms with Crippen molar-refractivity contribution >= 4 is 22.9 Å². The van der Waals surface area contributed by atoms with E-state index in [1.165, 1.54) is 11.3 Å². The molecule has 138 valence electrons. The molecule has 0 spiro atoms. The topological polar surface area (TPSA) is 45.7 Å². The molecule has 1 amide bonds. The standard InChI is InChI=1S/C21H21N3O2S/c1-26-18-9-7-17(8-10-18)23-11-13-24(14-12-23)21(25)19-20(27-15-22-19)16-5-3-2-4-6-16/h2-10,15H,11-14H2,1H3. The highest BCUT2D eigenvalue weighted by molar-refractivity contribution is 7.13. The monoisotopic (exact) mass is 379 g/mol. The lowest BCUT2D eigenvalue weighted by molar-refractivity contribution is 0.0742. The largest absolute Gasteiger partial charge is 0.497 e. The number of carbonyl (C=O) groups is 1. The van der Waals surface area contributed by atoms with Crippen LogP contribution in [0.3, 0.4) is 0 Å². The van der Waals surface area contributed by atoms with Crippen LogP contribution in [0, 0.1) is 0 Å². The number of ether oxygens (including phenoxy) is 1. The van der Waals surface area contributed by atoms with E-state index in [1.807, 2.05) is 47.4 Å². The van der Waals surface area contributed by atoms with Crippen molar-refractivity contribution in [3.8, 4) is 16.2 Å². The van der Waals surface area contributed by atoms with Crippen LogP contribution < -0.4 is 9.64 Å². The number of piperazine rings is 1. The van der Waals surface area contributed by atoms with Gasteiger partial charge in [0.25, 0.3) is 5.91 Å². The molecule has 0 saturated carbocycles. The van der Waals surface area contributed by atoms with Crippen LogP contribution >= 0.6 is 11.3 Å². The van der Waals surface area contributed by atoms with E-state index in [4.69, 9.17) is 4.74 Å². The Balaban J connectivity index is 1.44. The second-order valence-electron chi connectivity index (χ2n) is 6.37. The lowest BCUT2D eigenvalue weighted by Crippen LogP contribution is -2.49. The quantitative estimate of drug-likeness (QED) is 0.692. The van der Waals surface area contributed by atoms with E-state index >= 15 is 0 Å². The average molecular weight is 379 g/mol. The number of hydrogen-bond donors (Lipinski definition) is 0. The van der Waals surface area contributed by atoms with Gasteiger partial charge in [0.15, 0.2) is 0 Å². The lowest BCUT2D eigenvalue weighted by atomic mass is 10.1. The van der Waals surface area contributed by atoms with Gasteiger partial charge in [-0.3, -0.25) is 4.79 Å². The number of amides is 1. The first kappa shape index (κ1) is 17.5. The third kappa shape index (κ3) is 3.66. The molecule has 3 aromatic rings. The van der Waals surface area contributed by atoms with Gasteiger partial charge in [0.05, 0.1) is 17.5 Å². The van der Waals surface area contributed by atoms with E-state index in [0.29, 0.717) is 18.8 Å². The van der Waals surface area contributed by atoms with Crippen molar-refractivity contribution in [2.24, 2.45) is 0 Å². The van der Waals surface area contributed by atoms with Gasteiger partial charge in [-0.05, 0) is 29.8 Å². The van der Waals surface area contributed by atoms with Crippen molar-refractivity contribution in [1.82, 2.24) is 9.88 Å². The Morgan fingerprint density at radius 1 is 1.00 bits per heavy atom. The van der Waals surface area contributed by atoms with Crippen molar-refractivity contribution in [2.45, 2.75) is 0 Å². The second kappa shape index (κ2) is 7.80. The van der Waals surface area contributed by atoms with Crippen LogP contribution in [0.15, 0.2) is 60.1 Å². The normalized spacial score (nSPS) is 14.3. The van der Waals surface area contributed by atoms with E-state index in [0.717, 1.165) is 35.0 Å². The molecule has 0 aliphatic carbocycles. The molecule has 5 nitrogen and oxygen atoms in total. The number of thiazole rings is 1. The highest BCUT2D eigenvalue weighted by atomic mass is 32.1. The Labute approximate surface area is 162 Å². The van der Waals surface area contributed by atoms with E-state index < -0.39 is 0 Å². The first-order valence-corrected chi connectivity index (χ1v) is 9.81. The smallest absolute Gasteiger partial charge is 0.274 e. The summed E-state index contributed by atoms with van der Waals surface area (Å²) < 4.78 is 5.22. The second-order valence-corrected chi connectivity index (χ2v) is 7.23. The SMILES string of the molecule is COc1ccc(N2CCN(C(=O)c3ncsc3-c3ccccc3)CC2)cc1. The fourth-order valence-electron chi connectivity index (χ4n) is 3.30. The van der Waals surface area contributed by atoms with Crippen molar-refractivity contribution in [3.05, 3.63) is 65.8 Å². The average Bonchev–Trinajstić information content (AvgIpc) is 3.24. The fraction of sp³-hybridized carbons (Fsp3) is 0.238. The van der Waals surface area contributed by atoms with Gasteiger partial charge in [0.1, 0.15) is 11.4 Å². The first-order chi connectivity index (χ1) is 13.3. The zero-order chi connectivity index (χ0) is 18.6. The predicted octanol–water partition coefficient (Wildman–Crippen LogP) is 3.78. The summed E-state index contributed by atoms with van der Waals surface area (Å²) in [6, 6.07) is 18.0. The number of nitrogens with zero attached hydrogens (tertiary/aromatic N) is 3. The maximum atomic E-state index is 13.0. The Bertz CT molecular complexity index is 901. The fourth-order valence-corrected chi connectivity index (χ4v) is 4.09. The molecule has 1 aliphatic heterocycles. The van der Waals surface area contributed by atoms with Crippen molar-refractivity contribution < 1.29 is 9.53 Å². The molecule has 4 rings (SSSR count). The zero-order valence-corrected chi connectivity index (χ0v) is 16.0. The number of anilines is 1. The summed E-state index contributed by atoms with van der Waals surface area (Å²) in [4.78, 5) is 22.5. The minimum absolute atomic E-state index is 0.0180. The molecule has 1 aliphatic rings. The van der Waals surface area contributed by atoms with Crippen LogP contribution in [0.1, 0.15) is 10.5 Å². The number of benzene rings is 2. The number of carbonyl (C=O) groups excluding carboxylic acids is 1. The molecule has 0 atom stereocenters. The minimum Gasteiger partial charge on any atom is -0.497 e. The number of aromatic nitrogens is 1. The van der Waals surface area contributed by atoms with Gasteiger partial charge in [0, 0.05) is 31.9 Å². The Morgan fingerprint density at radius 2 is 1.70 bits per heavy atom. The first-order valence-electron chi connectivity index (χ1n) is 8.93. The van der Waals surface area contributed by atoms with Gasteiger partial charge < -0.3 is 14.5 Å². The summed E-state index contributed by atoms with van der Waals surface area (Å²) in [5, 5.41) is 0. The van der Waals surface area contributed by atoms with Crippen LogP contribution in [-0.2, 0) is 0 Å². The third-order valence-corrected chi connectivity index (χ3v) is 5.69. The molecule has 6 heteroatoms. The van der Waals surface area contributed by atoms with Crippen LogP contribution in [0.5, 0.6) is 5.75 Å². The Kier molecular flexibility index (Phi) is 5.07. The molecule has 1 saturated heterocycles. The molecule has 0 N–H and O–H groups in total. The molecule has 0 bridgehead atoms. The van der Waals surface area contributed by atoms with Gasteiger partial charge >= 0.3 is 0 Å². The summed E-state index contributed by atoms with van der Waals surface area (Å²) >= 11 is 1.51. The molecule has 2 heterocycles. The van der Waals surface area contributed by atoms with E-state index in [2.05, 4.69) is 22.0 Å². The molecular weight excluding hydrogens is 358 g/mol. The number of methoxy groups -OCH3 is 1. The van der Waals surface area contributed by atoms with Crippen LogP contribution in [0.2, 0.25) is 0 Å². The van der Waals surface area contributed by atoms with Gasteiger partial charge in [-0.2, -0.15) is 0 Å². The minimum atomic E-state index is 0.0180. The number of rotatable bonds is 4. The van der Waals surface area contributed by atoms with E-state index in [-0.39, 0.29) is 5.91 Å². The molecule has 2 aromatic carbocycles. The van der Waals surface area contributed by atoms with Crippen LogP contribution in [-0.4, -0.2) is 49.1 Å². The molecule has 0 unspecified atom stereocenters. The molecular formula is C21H21N3O2S. The maximum Gasteiger partial charge on any atom is 0.274 e. The van der Waals surface area contributed by atoms with Gasteiger partial charge in [-0.1, -0.05) is 30.3 Å². The third-order valence-electron chi connectivity index (χ3n) is 4.81. The molecule has 1 aromatic heterocycles. The van der Waals surface area contributed by atoms with E-state index in [1.54, 1.807) is 12.6 Å². The molecule has 27 heavy (non-hydrogen) atoms. The van der Waals surface area contributed by atoms with Gasteiger partial charge in [0.2, 0.25) is 0 Å². The summed E-state index contributed by atoms with van der Waals surface area (Å²) in [6.07, 6.45) is 0. The zero-order valence-electron chi connectivity index (χ0n) is 15.2. The van der Waals surface area contributed by atoms with E-state index in [9.17, 15) is 4.79 Å². The highest BCUT2D eigenvalue weighted by Crippen LogP contribution is 2.29. The lowest BCUT2D eigenvalue weighted by Gasteiger charge is -2.36. The van der Waals surface area contributed by atoms with Crippen LogP contribution in [0.4, 0.5) is 5.69 Å². The number of hydrogen-bond acceptors (Lipinski definition) is 5. The van der Waals surface area contributed by atoms with Crippen LogP contribution in [0.25, 0.3) is 10.4 Å². The van der Waals surface area contributed by atoms with Gasteiger partial charge in [-0.15, -0.1) is 11.3 Å². The summed E-state index contributed by atoms with van der Waals surface area (Å²) in [7, 11) is 1.67. The van der Waals surface area contributed by atoms with Crippen molar-refractivity contribution in [1.29, 1.82) is 0 Å². The van der Waals surface area contributed by atoms with Crippen molar-refractivity contribution in [3.63, 3.8) is 0 Å². The summed E-state index contributed by atoms with van der Waals surface area (Å²) in [5.74, 6) is 0.869.